The predicted octanol–water partition coefficient (Wildman–Crippen LogP) is 2.11. The summed E-state index contributed by atoms with van der Waals surface area (Å²) in [6, 6.07) is 3.39. The first-order valence-corrected chi connectivity index (χ1v) is 7.75. The molecule has 0 unspecified atom stereocenters. The van der Waals surface area contributed by atoms with E-state index in [1.165, 1.54) is 7.11 Å². The Balaban J connectivity index is 2.11. The van der Waals surface area contributed by atoms with Crippen molar-refractivity contribution in [2.75, 3.05) is 20.3 Å². The molecule has 1 amide bonds. The number of methoxy groups -OCH3 is 1. The average Bonchev–Trinajstić information content (AvgIpc) is 2.53. The van der Waals surface area contributed by atoms with Crippen LogP contribution in [0.25, 0.3) is 0 Å². The minimum absolute atomic E-state index is 0.0724. The third-order valence-electron chi connectivity index (χ3n) is 3.78. The zero-order chi connectivity index (χ0) is 17.0. The third kappa shape index (κ3) is 3.88. The molecule has 0 radical (unpaired) electrons. The van der Waals surface area contributed by atoms with Crippen molar-refractivity contribution in [3.05, 3.63) is 22.7 Å². The minimum atomic E-state index is -1.05. The molecule has 7 heteroatoms. The normalized spacial score (nSPS) is 15.5. The van der Waals surface area contributed by atoms with E-state index >= 15 is 0 Å². The van der Waals surface area contributed by atoms with E-state index in [1.54, 1.807) is 26.0 Å². The van der Waals surface area contributed by atoms with Crippen molar-refractivity contribution in [2.24, 2.45) is 0 Å². The zero-order valence-corrected chi connectivity index (χ0v) is 14.2. The highest BCUT2D eigenvalue weighted by atomic mass is 35.5. The fourth-order valence-electron chi connectivity index (χ4n) is 2.31. The van der Waals surface area contributed by atoms with Gasteiger partial charge in [-0.1, -0.05) is 18.5 Å². The molecule has 1 aromatic carbocycles. The molecule has 1 atom stereocenters. The lowest BCUT2D eigenvalue weighted by molar-refractivity contribution is -0.150. The molecule has 0 fully saturated rings. The molecule has 0 aromatic heterocycles. The van der Waals surface area contributed by atoms with Gasteiger partial charge in [0.25, 0.3) is 0 Å². The van der Waals surface area contributed by atoms with Gasteiger partial charge in [0.2, 0.25) is 5.91 Å². The SMILES string of the molecule is CC[C@@](C)(NC(=O)Cc1cc(Cl)c2c(c1)OCCO2)C(=O)OC. The predicted molar refractivity (Wildman–Crippen MR) is 85.0 cm³/mol. The molecule has 126 valence electrons. The van der Waals surface area contributed by atoms with Crippen LogP contribution in [0.4, 0.5) is 0 Å². The standard InChI is InChI=1S/C16H20ClNO5/c1-4-16(2,15(20)21-3)18-13(19)9-10-7-11(17)14-12(8-10)22-5-6-23-14/h7-8H,4-6,9H2,1-3H3,(H,18,19)/t16-/m1/s1. The molecule has 2 rings (SSSR count). The number of rotatable bonds is 5. The Bertz CT molecular complexity index is 619. The number of hydrogen-bond donors (Lipinski definition) is 1. The van der Waals surface area contributed by atoms with Crippen LogP contribution in [-0.4, -0.2) is 37.7 Å². The van der Waals surface area contributed by atoms with Crippen LogP contribution in [0.1, 0.15) is 25.8 Å². The number of hydrogen-bond acceptors (Lipinski definition) is 5. The van der Waals surface area contributed by atoms with Gasteiger partial charge in [0.05, 0.1) is 18.6 Å². The summed E-state index contributed by atoms with van der Waals surface area (Å²) in [5, 5.41) is 3.11. The summed E-state index contributed by atoms with van der Waals surface area (Å²) < 4.78 is 15.7. The van der Waals surface area contributed by atoms with Crippen LogP contribution in [0.3, 0.4) is 0 Å². The first-order chi connectivity index (χ1) is 10.9. The van der Waals surface area contributed by atoms with E-state index < -0.39 is 11.5 Å². The second-order valence-electron chi connectivity index (χ2n) is 5.50. The van der Waals surface area contributed by atoms with Crippen molar-refractivity contribution in [1.82, 2.24) is 5.32 Å². The van der Waals surface area contributed by atoms with Gasteiger partial charge in [0.15, 0.2) is 11.5 Å². The molecule has 1 heterocycles. The molecule has 0 saturated heterocycles. The molecule has 0 bridgehead atoms. The highest BCUT2D eigenvalue weighted by molar-refractivity contribution is 6.32. The Morgan fingerprint density at radius 3 is 2.70 bits per heavy atom. The Morgan fingerprint density at radius 1 is 1.35 bits per heavy atom. The van der Waals surface area contributed by atoms with Crippen molar-refractivity contribution in [3.63, 3.8) is 0 Å². The molecule has 23 heavy (non-hydrogen) atoms. The first kappa shape index (κ1) is 17.4. The maximum atomic E-state index is 12.3. The first-order valence-electron chi connectivity index (χ1n) is 7.37. The van der Waals surface area contributed by atoms with Gasteiger partial charge in [-0.25, -0.2) is 4.79 Å². The van der Waals surface area contributed by atoms with Crippen LogP contribution in [-0.2, 0) is 20.7 Å². The Kier molecular flexibility index (Phi) is 5.36. The lowest BCUT2D eigenvalue weighted by atomic mass is 9.98. The molecule has 1 aliphatic rings. The van der Waals surface area contributed by atoms with Crippen molar-refractivity contribution in [2.45, 2.75) is 32.2 Å². The Morgan fingerprint density at radius 2 is 2.04 bits per heavy atom. The van der Waals surface area contributed by atoms with Crippen LogP contribution < -0.4 is 14.8 Å². The number of halogens is 1. The van der Waals surface area contributed by atoms with Crippen LogP contribution >= 0.6 is 11.6 Å². The summed E-state index contributed by atoms with van der Waals surface area (Å²) in [7, 11) is 1.29. The van der Waals surface area contributed by atoms with Gasteiger partial charge in [-0.05, 0) is 31.0 Å². The van der Waals surface area contributed by atoms with Gasteiger partial charge < -0.3 is 19.5 Å². The lowest BCUT2D eigenvalue weighted by Gasteiger charge is -2.26. The molecule has 0 aliphatic carbocycles. The van der Waals surface area contributed by atoms with Gasteiger partial charge in [-0.15, -0.1) is 0 Å². The van der Waals surface area contributed by atoms with Crippen molar-refractivity contribution < 1.29 is 23.8 Å². The van der Waals surface area contributed by atoms with E-state index in [2.05, 4.69) is 5.32 Å². The van der Waals surface area contributed by atoms with Gasteiger partial charge in [0, 0.05) is 0 Å². The van der Waals surface area contributed by atoms with Crippen LogP contribution in [0.5, 0.6) is 11.5 Å². The average molecular weight is 342 g/mol. The quantitative estimate of drug-likeness (QED) is 0.830. The number of amides is 1. The molecule has 6 nitrogen and oxygen atoms in total. The molecule has 0 saturated carbocycles. The largest absolute Gasteiger partial charge is 0.486 e. The second kappa shape index (κ2) is 7.08. The number of carbonyl (C=O) groups is 2. The number of fused-ring (bicyclic) bond motifs is 1. The Labute approximate surface area is 140 Å². The Hall–Kier alpha value is -1.95. The summed E-state index contributed by atoms with van der Waals surface area (Å²) in [5.41, 5.74) is -0.372. The van der Waals surface area contributed by atoms with E-state index in [0.717, 1.165) is 0 Å². The van der Waals surface area contributed by atoms with Crippen LogP contribution in [0.2, 0.25) is 5.02 Å². The summed E-state index contributed by atoms with van der Waals surface area (Å²) in [4.78, 5) is 24.1. The zero-order valence-electron chi connectivity index (χ0n) is 13.4. The lowest BCUT2D eigenvalue weighted by Crippen LogP contribution is -2.52. The number of nitrogens with one attached hydrogen (secondary N) is 1. The van der Waals surface area contributed by atoms with E-state index in [1.807, 2.05) is 0 Å². The van der Waals surface area contributed by atoms with E-state index in [9.17, 15) is 9.59 Å². The van der Waals surface area contributed by atoms with Crippen molar-refractivity contribution in [1.29, 1.82) is 0 Å². The van der Waals surface area contributed by atoms with Crippen LogP contribution in [0.15, 0.2) is 12.1 Å². The number of benzene rings is 1. The molecular formula is C16H20ClNO5. The minimum Gasteiger partial charge on any atom is -0.486 e. The summed E-state index contributed by atoms with van der Waals surface area (Å²) in [6.45, 7) is 4.32. The van der Waals surface area contributed by atoms with Gasteiger partial charge in [-0.3, -0.25) is 4.79 Å². The maximum absolute atomic E-state index is 12.3. The number of carbonyl (C=O) groups excluding carboxylic acids is 2. The van der Waals surface area contributed by atoms with E-state index in [4.69, 9.17) is 25.8 Å². The summed E-state index contributed by atoms with van der Waals surface area (Å²) in [5.74, 6) is 0.244. The van der Waals surface area contributed by atoms with Gasteiger partial charge >= 0.3 is 5.97 Å². The number of esters is 1. The fraction of sp³-hybridized carbons (Fsp3) is 0.500. The second-order valence-corrected chi connectivity index (χ2v) is 5.91. The number of ether oxygens (including phenoxy) is 3. The smallest absolute Gasteiger partial charge is 0.331 e. The third-order valence-corrected chi connectivity index (χ3v) is 4.06. The van der Waals surface area contributed by atoms with E-state index in [0.29, 0.717) is 41.7 Å². The van der Waals surface area contributed by atoms with E-state index in [-0.39, 0.29) is 12.3 Å². The monoisotopic (exact) mass is 341 g/mol. The van der Waals surface area contributed by atoms with Crippen LogP contribution in [0, 0.1) is 0 Å². The molecule has 1 aliphatic heterocycles. The van der Waals surface area contributed by atoms with Gasteiger partial charge in [0.1, 0.15) is 18.8 Å². The maximum Gasteiger partial charge on any atom is 0.331 e. The molecule has 1 aromatic rings. The molecule has 1 N–H and O–H groups in total. The molecule has 0 spiro atoms. The van der Waals surface area contributed by atoms with Gasteiger partial charge in [-0.2, -0.15) is 0 Å². The fourth-order valence-corrected chi connectivity index (χ4v) is 2.60. The topological polar surface area (TPSA) is 73.9 Å². The summed E-state index contributed by atoms with van der Waals surface area (Å²) in [6.07, 6.45) is 0.496. The highest BCUT2D eigenvalue weighted by Crippen LogP contribution is 2.38. The molecular weight excluding hydrogens is 322 g/mol. The van der Waals surface area contributed by atoms with Crippen molar-refractivity contribution in [3.8, 4) is 11.5 Å². The summed E-state index contributed by atoms with van der Waals surface area (Å²) >= 11 is 6.15. The van der Waals surface area contributed by atoms with Crippen molar-refractivity contribution >= 4 is 23.5 Å². The highest BCUT2D eigenvalue weighted by Gasteiger charge is 2.34.